The van der Waals surface area contributed by atoms with Crippen molar-refractivity contribution in [2.75, 3.05) is 26.7 Å². The zero-order valence-corrected chi connectivity index (χ0v) is 13.9. The average Bonchev–Trinajstić information content (AvgIpc) is 3.22. The van der Waals surface area contributed by atoms with E-state index in [4.69, 9.17) is 0 Å². The van der Waals surface area contributed by atoms with E-state index in [1.807, 2.05) is 59.4 Å². The maximum absolute atomic E-state index is 12.9. The van der Waals surface area contributed by atoms with Crippen LogP contribution in [0.25, 0.3) is 10.9 Å². The molecule has 1 atom stereocenters. The van der Waals surface area contributed by atoms with Crippen molar-refractivity contribution < 1.29 is 4.79 Å². The van der Waals surface area contributed by atoms with Crippen LogP contribution in [0.1, 0.15) is 22.2 Å². The maximum Gasteiger partial charge on any atom is 0.254 e. The molecule has 0 radical (unpaired) electrons. The highest BCUT2D eigenvalue weighted by molar-refractivity contribution is 5.98. The molecule has 0 saturated carbocycles. The highest BCUT2D eigenvalue weighted by atomic mass is 16.2. The molecule has 1 aromatic carbocycles. The molecule has 1 aliphatic rings. The molecule has 124 valence electrons. The van der Waals surface area contributed by atoms with Gasteiger partial charge in [-0.1, -0.05) is 6.07 Å². The van der Waals surface area contributed by atoms with Crippen molar-refractivity contribution in [3.63, 3.8) is 0 Å². The van der Waals surface area contributed by atoms with Crippen molar-refractivity contribution in [1.82, 2.24) is 24.3 Å². The first kappa shape index (κ1) is 15.0. The van der Waals surface area contributed by atoms with Gasteiger partial charge in [-0.15, -0.1) is 0 Å². The predicted molar refractivity (Wildman–Crippen MR) is 92.8 cm³/mol. The fraction of sp³-hybridized carbons (Fsp3) is 0.333. The van der Waals surface area contributed by atoms with Gasteiger partial charge in [0.05, 0.1) is 6.04 Å². The molecule has 1 saturated heterocycles. The fourth-order valence-electron chi connectivity index (χ4n) is 3.40. The number of fused-ring (bicyclic) bond motifs is 1. The highest BCUT2D eigenvalue weighted by Gasteiger charge is 2.31. The van der Waals surface area contributed by atoms with Gasteiger partial charge in [-0.05, 0) is 30.6 Å². The monoisotopic (exact) mass is 323 g/mol. The van der Waals surface area contributed by atoms with Crippen LogP contribution in [0.15, 0.2) is 42.9 Å². The molecule has 1 aliphatic heterocycles. The molecule has 0 aliphatic carbocycles. The highest BCUT2D eigenvalue weighted by Crippen LogP contribution is 2.24. The number of imidazole rings is 1. The number of aryl methyl sites for hydroxylation is 1. The number of carbonyl (C=O) groups excluding carboxylic acids is 1. The largest absolute Gasteiger partial charge is 0.361 e. The summed E-state index contributed by atoms with van der Waals surface area (Å²) in [4.78, 5) is 24.8. The van der Waals surface area contributed by atoms with Crippen molar-refractivity contribution in [1.29, 1.82) is 0 Å². The van der Waals surface area contributed by atoms with E-state index < -0.39 is 0 Å². The lowest BCUT2D eigenvalue weighted by atomic mass is 10.1. The number of piperazine rings is 1. The molecule has 6 heteroatoms. The number of nitrogens with one attached hydrogen (secondary N) is 1. The number of amides is 1. The molecule has 3 heterocycles. The second kappa shape index (κ2) is 5.79. The Hall–Kier alpha value is -2.60. The summed E-state index contributed by atoms with van der Waals surface area (Å²) < 4.78 is 2.03. The van der Waals surface area contributed by atoms with Gasteiger partial charge in [0.1, 0.15) is 5.82 Å². The Labute approximate surface area is 140 Å². The molecule has 24 heavy (non-hydrogen) atoms. The van der Waals surface area contributed by atoms with Gasteiger partial charge in [0.2, 0.25) is 0 Å². The number of likely N-dealkylation sites (N-methyl/N-ethyl adjacent to an activating group) is 1. The van der Waals surface area contributed by atoms with Crippen LogP contribution in [-0.4, -0.2) is 56.9 Å². The summed E-state index contributed by atoms with van der Waals surface area (Å²) >= 11 is 0. The lowest BCUT2D eigenvalue weighted by Gasteiger charge is -2.39. The van der Waals surface area contributed by atoms with Crippen molar-refractivity contribution in [2.45, 2.75) is 6.04 Å². The third kappa shape index (κ3) is 2.49. The first-order valence-corrected chi connectivity index (χ1v) is 8.17. The summed E-state index contributed by atoms with van der Waals surface area (Å²) in [6.07, 6.45) is 5.65. The Balaban J connectivity index is 1.59. The van der Waals surface area contributed by atoms with Crippen LogP contribution in [0.2, 0.25) is 0 Å². The molecule has 3 aromatic rings. The molecule has 1 fully saturated rings. The second-order valence-electron chi connectivity index (χ2n) is 6.42. The minimum absolute atomic E-state index is 0.0822. The van der Waals surface area contributed by atoms with E-state index in [0.29, 0.717) is 6.54 Å². The Morgan fingerprint density at radius 2 is 2.12 bits per heavy atom. The van der Waals surface area contributed by atoms with Gasteiger partial charge in [0.15, 0.2) is 0 Å². The van der Waals surface area contributed by atoms with Crippen LogP contribution >= 0.6 is 0 Å². The van der Waals surface area contributed by atoms with E-state index >= 15 is 0 Å². The summed E-state index contributed by atoms with van der Waals surface area (Å²) in [6, 6.07) is 7.97. The van der Waals surface area contributed by atoms with Crippen LogP contribution in [0.3, 0.4) is 0 Å². The Morgan fingerprint density at radius 3 is 2.92 bits per heavy atom. The summed E-state index contributed by atoms with van der Waals surface area (Å²) in [5.74, 6) is 1.08. The molecule has 0 spiro atoms. The Kier molecular flexibility index (Phi) is 3.61. The van der Waals surface area contributed by atoms with E-state index in [-0.39, 0.29) is 11.9 Å². The van der Waals surface area contributed by atoms with E-state index in [1.165, 1.54) is 0 Å². The molecule has 1 N–H and O–H groups in total. The normalized spacial score (nSPS) is 19.1. The molecule has 4 rings (SSSR count). The zero-order valence-electron chi connectivity index (χ0n) is 13.9. The van der Waals surface area contributed by atoms with Crippen molar-refractivity contribution in [2.24, 2.45) is 7.05 Å². The van der Waals surface area contributed by atoms with Crippen LogP contribution in [0.5, 0.6) is 0 Å². The lowest BCUT2D eigenvalue weighted by molar-refractivity contribution is 0.0529. The van der Waals surface area contributed by atoms with Gasteiger partial charge in [0, 0.05) is 56.4 Å². The topological polar surface area (TPSA) is 57.2 Å². The number of hydrogen-bond donors (Lipinski definition) is 1. The number of hydrogen-bond acceptors (Lipinski definition) is 3. The first-order valence-electron chi connectivity index (χ1n) is 8.17. The molecule has 0 bridgehead atoms. The average molecular weight is 323 g/mol. The molecule has 0 unspecified atom stereocenters. The van der Waals surface area contributed by atoms with Crippen molar-refractivity contribution in [3.05, 3.63) is 54.2 Å². The van der Waals surface area contributed by atoms with Crippen LogP contribution in [0, 0.1) is 0 Å². The number of nitrogens with zero attached hydrogens (tertiary/aromatic N) is 4. The SMILES string of the molecule is CN1CCN(C(=O)c2ccc3cc[nH]c3c2)C[C@@H]1c1nccn1C. The number of rotatable bonds is 2. The fourth-order valence-corrected chi connectivity index (χ4v) is 3.40. The molecule has 1 amide bonds. The van der Waals surface area contributed by atoms with Crippen LogP contribution < -0.4 is 0 Å². The van der Waals surface area contributed by atoms with Crippen molar-refractivity contribution in [3.8, 4) is 0 Å². The number of H-pyrrole nitrogens is 1. The third-order valence-electron chi connectivity index (χ3n) is 4.89. The Morgan fingerprint density at radius 1 is 1.25 bits per heavy atom. The van der Waals surface area contributed by atoms with Gasteiger partial charge in [-0.25, -0.2) is 4.98 Å². The van der Waals surface area contributed by atoms with Crippen molar-refractivity contribution >= 4 is 16.8 Å². The minimum Gasteiger partial charge on any atom is -0.361 e. The van der Waals surface area contributed by atoms with Gasteiger partial charge in [0.25, 0.3) is 5.91 Å². The van der Waals surface area contributed by atoms with Crippen LogP contribution in [0.4, 0.5) is 0 Å². The number of aromatic nitrogens is 3. The van der Waals surface area contributed by atoms with Gasteiger partial charge in [-0.2, -0.15) is 0 Å². The summed E-state index contributed by atoms with van der Waals surface area (Å²) in [7, 11) is 4.09. The molecule has 6 nitrogen and oxygen atoms in total. The standard InChI is InChI=1S/C18H21N5O/c1-21-9-10-23(12-16(21)17-20-7-8-22(17)2)18(24)14-4-3-13-5-6-19-15(13)11-14/h3-8,11,16,19H,9-10,12H2,1-2H3/t16-/m1/s1. The number of carbonyl (C=O) groups is 1. The molecular formula is C18H21N5O. The summed E-state index contributed by atoms with van der Waals surface area (Å²) in [6.45, 7) is 2.23. The summed E-state index contributed by atoms with van der Waals surface area (Å²) in [5.41, 5.74) is 1.73. The minimum atomic E-state index is 0.0822. The van der Waals surface area contributed by atoms with E-state index in [0.717, 1.165) is 35.4 Å². The first-order chi connectivity index (χ1) is 11.6. The molecular weight excluding hydrogens is 302 g/mol. The maximum atomic E-state index is 12.9. The third-order valence-corrected chi connectivity index (χ3v) is 4.89. The van der Waals surface area contributed by atoms with Crippen LogP contribution in [-0.2, 0) is 7.05 Å². The number of aromatic amines is 1. The van der Waals surface area contributed by atoms with E-state index in [2.05, 4.69) is 21.9 Å². The van der Waals surface area contributed by atoms with Gasteiger partial charge in [-0.3, -0.25) is 9.69 Å². The Bertz CT molecular complexity index is 880. The summed E-state index contributed by atoms with van der Waals surface area (Å²) in [5, 5.41) is 1.12. The molecule has 2 aromatic heterocycles. The predicted octanol–water partition coefficient (Wildman–Crippen LogP) is 2.03. The van der Waals surface area contributed by atoms with E-state index in [9.17, 15) is 4.79 Å². The van der Waals surface area contributed by atoms with Gasteiger partial charge >= 0.3 is 0 Å². The van der Waals surface area contributed by atoms with Gasteiger partial charge < -0.3 is 14.5 Å². The van der Waals surface area contributed by atoms with E-state index in [1.54, 1.807) is 0 Å². The zero-order chi connectivity index (χ0) is 16.7. The second-order valence-corrected chi connectivity index (χ2v) is 6.42. The quantitative estimate of drug-likeness (QED) is 0.785. The smallest absolute Gasteiger partial charge is 0.254 e. The lowest BCUT2D eigenvalue weighted by Crippen LogP contribution is -2.49. The number of benzene rings is 1.